The van der Waals surface area contributed by atoms with E-state index in [2.05, 4.69) is 6.07 Å². The van der Waals surface area contributed by atoms with E-state index < -0.39 is 0 Å². The molecule has 0 amide bonds. The Bertz CT molecular complexity index is 1320. The minimum absolute atomic E-state index is 0.121. The average Bonchev–Trinajstić information content (AvgIpc) is 3.29. The third kappa shape index (κ3) is 3.55. The molecule has 0 saturated heterocycles. The lowest BCUT2D eigenvalue weighted by atomic mass is 10.1. The highest BCUT2D eigenvalue weighted by Crippen LogP contribution is 2.36. The quantitative estimate of drug-likeness (QED) is 0.414. The summed E-state index contributed by atoms with van der Waals surface area (Å²) in [5.41, 5.74) is 3.62. The predicted octanol–water partition coefficient (Wildman–Crippen LogP) is 5.38. The summed E-state index contributed by atoms with van der Waals surface area (Å²) in [5, 5.41) is 1.08. The summed E-state index contributed by atoms with van der Waals surface area (Å²) in [5.74, 6) is 2.17. The van der Waals surface area contributed by atoms with Gasteiger partial charge < -0.3 is 18.8 Å². The Kier molecular flexibility index (Phi) is 4.71. The number of hydrogen-bond acceptors (Lipinski definition) is 4. The van der Waals surface area contributed by atoms with Crippen molar-refractivity contribution in [3.63, 3.8) is 0 Å². The Morgan fingerprint density at radius 2 is 1.77 bits per heavy atom. The summed E-state index contributed by atoms with van der Waals surface area (Å²) in [4.78, 5) is 12.8. The van der Waals surface area contributed by atoms with Crippen molar-refractivity contribution in [3.05, 3.63) is 95.4 Å². The van der Waals surface area contributed by atoms with Gasteiger partial charge in [-0.15, -0.1) is 0 Å². The number of carbonyl (C=O) groups excluding carboxylic acids is 1. The fourth-order valence-corrected chi connectivity index (χ4v) is 3.77. The molecule has 1 aromatic heterocycles. The molecule has 0 spiro atoms. The Hall–Kier alpha value is -3.99. The molecule has 0 atom stereocenters. The Balaban J connectivity index is 1.36. The monoisotopic (exact) mass is 411 g/mol. The lowest BCUT2D eigenvalue weighted by Crippen LogP contribution is -1.98. The van der Waals surface area contributed by atoms with Crippen LogP contribution in [0.5, 0.6) is 17.2 Å². The summed E-state index contributed by atoms with van der Waals surface area (Å²) in [6.07, 6.45) is 3.81. The van der Waals surface area contributed by atoms with Crippen molar-refractivity contribution in [3.8, 4) is 17.2 Å². The Morgan fingerprint density at radius 1 is 1.00 bits per heavy atom. The van der Waals surface area contributed by atoms with Crippen molar-refractivity contribution in [2.45, 2.75) is 6.61 Å². The summed E-state index contributed by atoms with van der Waals surface area (Å²) < 4.78 is 19.0. The van der Waals surface area contributed by atoms with Crippen LogP contribution in [0, 0.1) is 0 Å². The molecule has 1 aliphatic rings. The molecule has 5 nitrogen and oxygen atoms in total. The van der Waals surface area contributed by atoms with E-state index >= 15 is 0 Å². The third-order valence-electron chi connectivity index (χ3n) is 5.42. The van der Waals surface area contributed by atoms with E-state index in [-0.39, 0.29) is 5.78 Å². The van der Waals surface area contributed by atoms with Crippen molar-refractivity contribution in [2.75, 3.05) is 7.11 Å². The average molecular weight is 411 g/mol. The molecule has 0 bridgehead atoms. The second-order valence-corrected chi connectivity index (χ2v) is 7.45. The third-order valence-corrected chi connectivity index (χ3v) is 5.42. The number of para-hydroxylation sites is 1. The molecule has 3 aromatic carbocycles. The van der Waals surface area contributed by atoms with E-state index in [1.54, 1.807) is 25.3 Å². The Labute approximate surface area is 180 Å². The van der Waals surface area contributed by atoms with Gasteiger partial charge in [-0.2, -0.15) is 0 Å². The highest BCUT2D eigenvalue weighted by atomic mass is 16.5. The van der Waals surface area contributed by atoms with Gasteiger partial charge >= 0.3 is 0 Å². The summed E-state index contributed by atoms with van der Waals surface area (Å²) in [7, 11) is 3.63. The molecule has 2 heterocycles. The largest absolute Gasteiger partial charge is 0.497 e. The number of Topliss-reactive ketones (excluding diaryl/α,β-unsaturated/α-hetero) is 1. The van der Waals surface area contributed by atoms with Gasteiger partial charge in [-0.1, -0.05) is 30.3 Å². The van der Waals surface area contributed by atoms with Crippen LogP contribution in [0.2, 0.25) is 0 Å². The van der Waals surface area contributed by atoms with Crippen LogP contribution in [0.15, 0.2) is 78.7 Å². The number of aromatic nitrogens is 1. The fraction of sp³-hybridized carbons (Fsp3) is 0.115. The van der Waals surface area contributed by atoms with Crippen molar-refractivity contribution >= 4 is 22.8 Å². The molecule has 0 radical (unpaired) electrons. The zero-order valence-electron chi connectivity index (χ0n) is 17.3. The van der Waals surface area contributed by atoms with Gasteiger partial charge in [0.1, 0.15) is 23.9 Å². The van der Waals surface area contributed by atoms with E-state index in [1.165, 1.54) is 0 Å². The maximum absolute atomic E-state index is 12.8. The van der Waals surface area contributed by atoms with Crippen molar-refractivity contribution in [2.24, 2.45) is 7.05 Å². The molecule has 5 heteroatoms. The number of nitrogens with zero attached hydrogens (tertiary/aromatic N) is 1. The van der Waals surface area contributed by atoms with E-state index in [4.69, 9.17) is 14.2 Å². The number of ether oxygens (including phenoxy) is 3. The van der Waals surface area contributed by atoms with Gasteiger partial charge in [0, 0.05) is 35.8 Å². The topological polar surface area (TPSA) is 49.7 Å². The molecule has 0 unspecified atom stereocenters. The first-order valence-electron chi connectivity index (χ1n) is 10.0. The first kappa shape index (κ1) is 19.0. The predicted molar refractivity (Wildman–Crippen MR) is 120 cm³/mol. The number of benzene rings is 3. The molecule has 5 rings (SSSR count). The highest BCUT2D eigenvalue weighted by Gasteiger charge is 2.28. The molecule has 0 aliphatic carbocycles. The second kappa shape index (κ2) is 7.69. The summed E-state index contributed by atoms with van der Waals surface area (Å²) in [6.45, 7) is 0.412. The molecule has 31 heavy (non-hydrogen) atoms. The molecule has 4 aromatic rings. The van der Waals surface area contributed by atoms with Crippen LogP contribution < -0.4 is 14.2 Å². The maximum atomic E-state index is 12.8. The minimum Gasteiger partial charge on any atom is -0.497 e. The number of rotatable bonds is 5. The first-order chi connectivity index (χ1) is 15.1. The summed E-state index contributed by atoms with van der Waals surface area (Å²) in [6, 6.07) is 21.1. The number of aryl methyl sites for hydroxylation is 1. The first-order valence-corrected chi connectivity index (χ1v) is 10.0. The molecular formula is C26H21NO4. The van der Waals surface area contributed by atoms with E-state index in [0.717, 1.165) is 27.8 Å². The number of allylic oxidation sites excluding steroid dienone is 1. The zero-order valence-corrected chi connectivity index (χ0v) is 17.3. The highest BCUT2D eigenvalue weighted by molar-refractivity contribution is 6.15. The number of methoxy groups -OCH3 is 1. The van der Waals surface area contributed by atoms with Gasteiger partial charge in [0.25, 0.3) is 0 Å². The molecule has 0 saturated carbocycles. The second-order valence-electron chi connectivity index (χ2n) is 7.45. The van der Waals surface area contributed by atoms with Crippen LogP contribution in [0.1, 0.15) is 21.5 Å². The SMILES string of the molecule is COc1ccc(COc2ccc3c(c2)OC(=Cc2cn(C)c4ccccc24)C3=O)cc1. The van der Waals surface area contributed by atoms with Gasteiger partial charge in [-0.3, -0.25) is 4.79 Å². The van der Waals surface area contributed by atoms with Crippen LogP contribution in [0.3, 0.4) is 0 Å². The standard InChI is InChI=1S/C26H21NO4/c1-27-15-18(21-5-3-4-6-23(21)27)13-25-26(28)22-12-11-20(14-24(22)31-25)30-16-17-7-9-19(29-2)10-8-17/h3-15H,16H2,1-2H3. The summed E-state index contributed by atoms with van der Waals surface area (Å²) >= 11 is 0. The maximum Gasteiger partial charge on any atom is 0.231 e. The minimum atomic E-state index is -0.121. The normalized spacial score (nSPS) is 14.0. The molecule has 154 valence electrons. The zero-order chi connectivity index (χ0) is 21.4. The van der Waals surface area contributed by atoms with Gasteiger partial charge in [0.15, 0.2) is 5.76 Å². The van der Waals surface area contributed by atoms with Gasteiger partial charge in [-0.25, -0.2) is 0 Å². The molecule has 0 fully saturated rings. The van der Waals surface area contributed by atoms with Crippen LogP contribution in [-0.4, -0.2) is 17.5 Å². The van der Waals surface area contributed by atoms with E-state index in [0.29, 0.717) is 29.4 Å². The van der Waals surface area contributed by atoms with E-state index in [1.807, 2.05) is 66.4 Å². The Morgan fingerprint density at radius 3 is 2.58 bits per heavy atom. The van der Waals surface area contributed by atoms with Crippen LogP contribution in [0.4, 0.5) is 0 Å². The number of hydrogen-bond donors (Lipinski definition) is 0. The van der Waals surface area contributed by atoms with Crippen molar-refractivity contribution in [1.82, 2.24) is 4.57 Å². The van der Waals surface area contributed by atoms with Crippen LogP contribution in [-0.2, 0) is 13.7 Å². The fourth-order valence-electron chi connectivity index (χ4n) is 3.77. The van der Waals surface area contributed by atoms with Crippen molar-refractivity contribution < 1.29 is 19.0 Å². The number of ketones is 1. The number of fused-ring (bicyclic) bond motifs is 2. The molecule has 1 aliphatic heterocycles. The van der Waals surface area contributed by atoms with Gasteiger partial charge in [-0.05, 0) is 42.0 Å². The molecular weight excluding hydrogens is 390 g/mol. The van der Waals surface area contributed by atoms with Gasteiger partial charge in [0.05, 0.1) is 12.7 Å². The van der Waals surface area contributed by atoms with Gasteiger partial charge in [0.2, 0.25) is 5.78 Å². The lowest BCUT2D eigenvalue weighted by Gasteiger charge is -2.08. The van der Waals surface area contributed by atoms with Crippen LogP contribution >= 0.6 is 0 Å². The van der Waals surface area contributed by atoms with Crippen molar-refractivity contribution in [1.29, 1.82) is 0 Å². The van der Waals surface area contributed by atoms with E-state index in [9.17, 15) is 4.79 Å². The molecule has 0 N–H and O–H groups in total. The lowest BCUT2D eigenvalue weighted by molar-refractivity contribution is 0.101. The smallest absolute Gasteiger partial charge is 0.231 e. The van der Waals surface area contributed by atoms with Crippen LogP contribution in [0.25, 0.3) is 17.0 Å². The number of carbonyl (C=O) groups is 1.